The van der Waals surface area contributed by atoms with Gasteiger partial charge >= 0.3 is 0 Å². The van der Waals surface area contributed by atoms with Crippen LogP contribution in [0.25, 0.3) is 0 Å². The van der Waals surface area contributed by atoms with E-state index in [9.17, 15) is 9.59 Å². The van der Waals surface area contributed by atoms with Gasteiger partial charge in [0.15, 0.2) is 0 Å². The van der Waals surface area contributed by atoms with Crippen molar-refractivity contribution in [3.8, 4) is 0 Å². The van der Waals surface area contributed by atoms with Gasteiger partial charge in [-0.25, -0.2) is 0 Å². The van der Waals surface area contributed by atoms with E-state index < -0.39 is 0 Å². The molecule has 0 saturated heterocycles. The third-order valence-electron chi connectivity index (χ3n) is 7.35. The van der Waals surface area contributed by atoms with Crippen LogP contribution in [0.15, 0.2) is 0 Å². The molecule has 0 aliphatic heterocycles. The molecule has 0 radical (unpaired) electrons. The number of carbonyl (C=O) groups excluding carboxylic acids is 2. The zero-order valence-electron chi connectivity index (χ0n) is 19.2. The van der Waals surface area contributed by atoms with E-state index in [1.54, 1.807) is 0 Å². The first-order valence-electron chi connectivity index (χ1n) is 11.7. The van der Waals surface area contributed by atoms with Crippen LogP contribution in [0.1, 0.15) is 112 Å². The van der Waals surface area contributed by atoms with E-state index in [2.05, 4.69) is 52.2 Å². The maximum absolute atomic E-state index is 13.0. The molecule has 0 heterocycles. The van der Waals surface area contributed by atoms with E-state index in [0.717, 1.165) is 57.8 Å². The lowest BCUT2D eigenvalue weighted by Gasteiger charge is -2.36. The predicted octanol–water partition coefficient (Wildman–Crippen LogP) is 5.35. The van der Waals surface area contributed by atoms with Crippen molar-refractivity contribution >= 4 is 11.8 Å². The number of unbranched alkanes of at least 4 members (excludes halogenated alkanes) is 2. The maximum atomic E-state index is 13.0. The van der Waals surface area contributed by atoms with Gasteiger partial charge in [0.05, 0.1) is 0 Å². The van der Waals surface area contributed by atoms with Gasteiger partial charge < -0.3 is 10.6 Å². The van der Waals surface area contributed by atoms with Crippen molar-refractivity contribution in [2.75, 3.05) is 0 Å². The van der Waals surface area contributed by atoms with Crippen molar-refractivity contribution in [1.82, 2.24) is 10.6 Å². The first kappa shape index (κ1) is 23.2. The molecule has 0 aromatic rings. The second-order valence-corrected chi connectivity index (χ2v) is 10.7. The lowest BCUT2D eigenvalue weighted by Crippen LogP contribution is -2.51. The van der Waals surface area contributed by atoms with Crippen molar-refractivity contribution in [1.29, 1.82) is 0 Å². The summed E-state index contributed by atoms with van der Waals surface area (Å²) in [6.07, 6.45) is 11.8. The Kier molecular flexibility index (Phi) is 7.61. The molecule has 1 spiro atoms. The van der Waals surface area contributed by atoms with E-state index in [1.165, 1.54) is 12.8 Å². The Bertz CT molecular complexity index is 555. The van der Waals surface area contributed by atoms with Crippen LogP contribution in [0.3, 0.4) is 0 Å². The Morgan fingerprint density at radius 1 is 0.857 bits per heavy atom. The van der Waals surface area contributed by atoms with Gasteiger partial charge in [0.1, 0.15) is 0 Å². The van der Waals surface area contributed by atoms with Crippen LogP contribution in [-0.2, 0) is 9.59 Å². The van der Waals surface area contributed by atoms with Crippen molar-refractivity contribution < 1.29 is 9.59 Å². The van der Waals surface area contributed by atoms with Crippen molar-refractivity contribution in [2.24, 2.45) is 16.2 Å². The van der Waals surface area contributed by atoms with Gasteiger partial charge in [0, 0.05) is 28.3 Å². The zero-order chi connectivity index (χ0) is 21.0. The van der Waals surface area contributed by atoms with Gasteiger partial charge in [-0.15, -0.1) is 0 Å². The number of hydrogen-bond donors (Lipinski definition) is 2. The molecule has 4 heteroatoms. The van der Waals surface area contributed by atoms with Crippen LogP contribution in [0.2, 0.25) is 0 Å². The molecule has 4 nitrogen and oxygen atoms in total. The summed E-state index contributed by atoms with van der Waals surface area (Å²) in [5.74, 6) is 0.370. The molecular weight excluding hydrogens is 348 g/mol. The van der Waals surface area contributed by atoms with Crippen LogP contribution >= 0.6 is 0 Å². The SMILES string of the molecule is CCCCC(C)(C)C(=O)NC1CC12CCCC[C@@H]2NC(=O)C(C)(C)CCCC. The second-order valence-electron chi connectivity index (χ2n) is 10.7. The quantitative estimate of drug-likeness (QED) is 0.526. The third kappa shape index (κ3) is 5.30. The fourth-order valence-corrected chi connectivity index (χ4v) is 4.83. The van der Waals surface area contributed by atoms with Crippen LogP contribution in [-0.4, -0.2) is 23.9 Å². The van der Waals surface area contributed by atoms with Gasteiger partial charge in [0.2, 0.25) is 11.8 Å². The molecule has 2 aliphatic carbocycles. The van der Waals surface area contributed by atoms with Gasteiger partial charge in [-0.2, -0.15) is 0 Å². The largest absolute Gasteiger partial charge is 0.352 e. The summed E-state index contributed by atoms with van der Waals surface area (Å²) in [7, 11) is 0. The molecule has 2 aliphatic rings. The Morgan fingerprint density at radius 3 is 1.86 bits per heavy atom. The summed E-state index contributed by atoms with van der Waals surface area (Å²) < 4.78 is 0. The second kappa shape index (κ2) is 9.17. The van der Waals surface area contributed by atoms with E-state index in [0.29, 0.717) is 0 Å². The highest BCUT2D eigenvalue weighted by Crippen LogP contribution is 2.56. The van der Waals surface area contributed by atoms with E-state index in [1.807, 2.05) is 0 Å². The maximum Gasteiger partial charge on any atom is 0.225 e. The summed E-state index contributed by atoms with van der Waals surface area (Å²) in [6.45, 7) is 12.6. The van der Waals surface area contributed by atoms with E-state index >= 15 is 0 Å². The molecule has 0 aromatic heterocycles. The van der Waals surface area contributed by atoms with Crippen LogP contribution in [0.4, 0.5) is 0 Å². The number of hydrogen-bond acceptors (Lipinski definition) is 2. The fraction of sp³-hybridized carbons (Fsp3) is 0.917. The van der Waals surface area contributed by atoms with Crippen LogP contribution < -0.4 is 10.6 Å². The monoisotopic (exact) mass is 392 g/mol. The number of nitrogens with one attached hydrogen (secondary N) is 2. The first-order chi connectivity index (χ1) is 13.1. The average molecular weight is 393 g/mol. The Morgan fingerprint density at radius 2 is 1.36 bits per heavy atom. The summed E-state index contributed by atoms with van der Waals surface area (Å²) in [5, 5.41) is 6.76. The fourth-order valence-electron chi connectivity index (χ4n) is 4.83. The predicted molar refractivity (Wildman–Crippen MR) is 116 cm³/mol. The molecule has 162 valence electrons. The molecule has 2 amide bonds. The molecule has 0 bridgehead atoms. The third-order valence-corrected chi connectivity index (χ3v) is 7.35. The van der Waals surface area contributed by atoms with E-state index in [-0.39, 0.29) is 40.1 Å². The highest BCUT2D eigenvalue weighted by atomic mass is 16.2. The molecule has 2 fully saturated rings. The molecule has 2 rings (SSSR count). The minimum absolute atomic E-state index is 0.0885. The number of rotatable bonds is 10. The summed E-state index contributed by atoms with van der Waals surface area (Å²) >= 11 is 0. The van der Waals surface area contributed by atoms with Gasteiger partial charge in [-0.1, -0.05) is 80.1 Å². The average Bonchev–Trinajstić information content (AvgIpc) is 3.32. The Labute approximate surface area is 173 Å². The van der Waals surface area contributed by atoms with Gasteiger partial charge in [-0.05, 0) is 32.1 Å². The standard InChI is InChI=1S/C24H44N2O2/c1-7-9-14-22(3,4)20(27)25-18-13-11-12-16-24(18)17-19(24)26-21(28)23(5,6)15-10-8-2/h18-19H,7-17H2,1-6H3,(H,25,27)(H,26,28)/t18-,19?,24?/m0/s1. The number of amides is 2. The van der Waals surface area contributed by atoms with Gasteiger partial charge in [0.25, 0.3) is 0 Å². The van der Waals surface area contributed by atoms with Crippen molar-refractivity contribution in [3.63, 3.8) is 0 Å². The highest BCUT2D eigenvalue weighted by Gasteiger charge is 2.61. The molecule has 0 aromatic carbocycles. The van der Waals surface area contributed by atoms with Crippen LogP contribution in [0.5, 0.6) is 0 Å². The lowest BCUT2D eigenvalue weighted by atomic mass is 9.79. The lowest BCUT2D eigenvalue weighted by molar-refractivity contribution is -0.131. The normalized spacial score (nSPS) is 27.5. The highest BCUT2D eigenvalue weighted by molar-refractivity contribution is 5.83. The number of carbonyl (C=O) groups is 2. The summed E-state index contributed by atoms with van der Waals surface area (Å²) in [6, 6.07) is 0.434. The Balaban J connectivity index is 1.98. The van der Waals surface area contributed by atoms with E-state index in [4.69, 9.17) is 0 Å². The molecule has 28 heavy (non-hydrogen) atoms. The van der Waals surface area contributed by atoms with Crippen molar-refractivity contribution in [3.05, 3.63) is 0 Å². The molecule has 3 atom stereocenters. The molecule has 2 N–H and O–H groups in total. The minimum Gasteiger partial charge on any atom is -0.352 e. The topological polar surface area (TPSA) is 58.2 Å². The summed E-state index contributed by atoms with van der Waals surface area (Å²) in [4.78, 5) is 25.8. The summed E-state index contributed by atoms with van der Waals surface area (Å²) in [5.41, 5.74) is -0.537. The first-order valence-corrected chi connectivity index (χ1v) is 11.7. The van der Waals surface area contributed by atoms with Gasteiger partial charge in [-0.3, -0.25) is 9.59 Å². The smallest absolute Gasteiger partial charge is 0.225 e. The molecular formula is C24H44N2O2. The molecule has 2 saturated carbocycles. The molecule has 2 unspecified atom stereocenters. The minimum atomic E-state index is -0.315. The Hall–Kier alpha value is -1.06. The zero-order valence-corrected chi connectivity index (χ0v) is 19.2. The van der Waals surface area contributed by atoms with Crippen LogP contribution in [0, 0.1) is 16.2 Å². The van der Waals surface area contributed by atoms with Crippen molar-refractivity contribution in [2.45, 2.75) is 124 Å².